The van der Waals surface area contributed by atoms with Crippen LogP contribution in [0.25, 0.3) is 11.2 Å². The number of fused-ring (bicyclic) bond motifs is 1. The fourth-order valence-corrected chi connectivity index (χ4v) is 3.16. The maximum Gasteiger partial charge on any atom is 0.226 e. The Bertz CT molecular complexity index is 618. The fraction of sp³-hybridized carbons (Fsp3) is 0.667. The lowest BCUT2D eigenvalue weighted by atomic mass is 9.95. The number of aromatic nitrogens is 4. The Morgan fingerprint density at radius 1 is 1.33 bits per heavy atom. The van der Waals surface area contributed by atoms with Crippen LogP contribution in [0.2, 0.25) is 5.28 Å². The van der Waals surface area contributed by atoms with Crippen LogP contribution in [-0.4, -0.2) is 25.6 Å². The van der Waals surface area contributed by atoms with Crippen LogP contribution in [0, 0.1) is 0 Å². The average Bonchev–Trinajstić information content (AvgIpc) is 2.91. The Kier molecular flexibility index (Phi) is 4.29. The van der Waals surface area contributed by atoms with Crippen LogP contribution in [0.15, 0.2) is 6.33 Å². The van der Waals surface area contributed by atoms with E-state index in [4.69, 9.17) is 11.6 Å². The third kappa shape index (κ3) is 2.98. The smallest absolute Gasteiger partial charge is 0.226 e. The van der Waals surface area contributed by atoms with Crippen LogP contribution in [0.5, 0.6) is 0 Å². The van der Waals surface area contributed by atoms with E-state index in [0.29, 0.717) is 17.7 Å². The molecule has 1 aliphatic carbocycles. The average molecular weight is 308 g/mol. The molecule has 1 N–H and O–H groups in total. The lowest BCUT2D eigenvalue weighted by molar-refractivity contribution is 0.359. The van der Waals surface area contributed by atoms with Crippen LogP contribution in [0.4, 0.5) is 5.82 Å². The molecular formula is C15H22ClN5. The first-order valence-electron chi connectivity index (χ1n) is 7.85. The SMILES string of the molecule is CCC(C)Nc1nc(Cl)nc2ncn(C3CCCCC3)c12. The molecule has 1 unspecified atom stereocenters. The van der Waals surface area contributed by atoms with Crippen LogP contribution < -0.4 is 5.32 Å². The Morgan fingerprint density at radius 3 is 2.81 bits per heavy atom. The third-order valence-electron chi connectivity index (χ3n) is 4.36. The number of hydrogen-bond acceptors (Lipinski definition) is 4. The lowest BCUT2D eigenvalue weighted by Gasteiger charge is -2.24. The molecule has 3 rings (SSSR count). The van der Waals surface area contributed by atoms with E-state index in [2.05, 4.69) is 38.7 Å². The molecule has 0 bridgehead atoms. The van der Waals surface area contributed by atoms with Gasteiger partial charge in [0.1, 0.15) is 5.52 Å². The molecule has 0 spiro atoms. The summed E-state index contributed by atoms with van der Waals surface area (Å²) in [7, 11) is 0. The van der Waals surface area contributed by atoms with Crippen molar-refractivity contribution in [3.63, 3.8) is 0 Å². The van der Waals surface area contributed by atoms with Crippen molar-refractivity contribution in [3.05, 3.63) is 11.6 Å². The third-order valence-corrected chi connectivity index (χ3v) is 4.53. The van der Waals surface area contributed by atoms with Gasteiger partial charge in [-0.15, -0.1) is 0 Å². The molecule has 2 aromatic heterocycles. The van der Waals surface area contributed by atoms with Crippen LogP contribution >= 0.6 is 11.6 Å². The number of nitrogens with zero attached hydrogens (tertiary/aromatic N) is 4. The second-order valence-electron chi connectivity index (χ2n) is 5.91. The summed E-state index contributed by atoms with van der Waals surface area (Å²) in [5, 5.41) is 3.70. The van der Waals surface area contributed by atoms with E-state index in [0.717, 1.165) is 17.8 Å². The van der Waals surface area contributed by atoms with Gasteiger partial charge in [-0.2, -0.15) is 9.97 Å². The molecule has 1 atom stereocenters. The molecule has 1 saturated carbocycles. The van der Waals surface area contributed by atoms with E-state index in [9.17, 15) is 0 Å². The highest BCUT2D eigenvalue weighted by atomic mass is 35.5. The summed E-state index contributed by atoms with van der Waals surface area (Å²) < 4.78 is 2.25. The van der Waals surface area contributed by atoms with Crippen LogP contribution in [0.3, 0.4) is 0 Å². The first-order chi connectivity index (χ1) is 10.2. The summed E-state index contributed by atoms with van der Waals surface area (Å²) >= 11 is 6.03. The molecule has 5 nitrogen and oxygen atoms in total. The zero-order chi connectivity index (χ0) is 14.8. The standard InChI is InChI=1S/C15H22ClN5/c1-3-10(2)18-14-12-13(19-15(16)20-14)17-9-21(12)11-7-5-4-6-8-11/h9-11H,3-8H2,1-2H3,(H,18,19,20). The summed E-state index contributed by atoms with van der Waals surface area (Å²) in [6.45, 7) is 4.29. The van der Waals surface area contributed by atoms with E-state index in [1.54, 1.807) is 0 Å². The molecule has 0 aromatic carbocycles. The van der Waals surface area contributed by atoms with E-state index < -0.39 is 0 Å². The number of nitrogens with one attached hydrogen (secondary N) is 1. The second-order valence-corrected chi connectivity index (χ2v) is 6.25. The summed E-state index contributed by atoms with van der Waals surface area (Å²) in [5.41, 5.74) is 1.68. The first kappa shape index (κ1) is 14.6. The minimum absolute atomic E-state index is 0.252. The number of anilines is 1. The fourth-order valence-electron chi connectivity index (χ4n) is 2.99. The van der Waals surface area contributed by atoms with E-state index in [1.165, 1.54) is 32.1 Å². The quantitative estimate of drug-likeness (QED) is 0.860. The minimum Gasteiger partial charge on any atom is -0.366 e. The van der Waals surface area contributed by atoms with Gasteiger partial charge in [-0.1, -0.05) is 26.2 Å². The topological polar surface area (TPSA) is 55.6 Å². The zero-order valence-corrected chi connectivity index (χ0v) is 13.4. The molecule has 114 valence electrons. The van der Waals surface area contributed by atoms with Gasteiger partial charge in [0.2, 0.25) is 5.28 Å². The van der Waals surface area contributed by atoms with Crippen molar-refractivity contribution in [2.24, 2.45) is 0 Å². The monoisotopic (exact) mass is 307 g/mol. The molecular weight excluding hydrogens is 286 g/mol. The molecule has 0 saturated heterocycles. The van der Waals surface area contributed by atoms with Crippen molar-refractivity contribution in [2.75, 3.05) is 5.32 Å². The molecule has 1 aliphatic rings. The van der Waals surface area contributed by atoms with Crippen molar-refractivity contribution in [2.45, 2.75) is 64.5 Å². The van der Waals surface area contributed by atoms with Gasteiger partial charge < -0.3 is 9.88 Å². The number of imidazole rings is 1. The van der Waals surface area contributed by atoms with Crippen LogP contribution in [0.1, 0.15) is 58.4 Å². The van der Waals surface area contributed by atoms with Crippen molar-refractivity contribution in [1.29, 1.82) is 0 Å². The van der Waals surface area contributed by atoms with Crippen molar-refractivity contribution in [3.8, 4) is 0 Å². The highest BCUT2D eigenvalue weighted by molar-refractivity contribution is 6.28. The summed E-state index contributed by atoms with van der Waals surface area (Å²) in [6, 6.07) is 0.847. The molecule has 6 heteroatoms. The normalized spacial score (nSPS) is 18.0. The van der Waals surface area contributed by atoms with Crippen molar-refractivity contribution >= 4 is 28.6 Å². The summed E-state index contributed by atoms with van der Waals surface area (Å²) in [5.74, 6) is 0.808. The van der Waals surface area contributed by atoms with Gasteiger partial charge in [0, 0.05) is 12.1 Å². The number of halogens is 1. The Hall–Kier alpha value is -1.36. The molecule has 0 aliphatic heterocycles. The first-order valence-corrected chi connectivity index (χ1v) is 8.23. The molecule has 2 aromatic rings. The van der Waals surface area contributed by atoms with Gasteiger partial charge in [-0.05, 0) is 37.8 Å². The predicted molar refractivity (Wildman–Crippen MR) is 85.8 cm³/mol. The van der Waals surface area contributed by atoms with Crippen molar-refractivity contribution in [1.82, 2.24) is 19.5 Å². The highest BCUT2D eigenvalue weighted by Gasteiger charge is 2.21. The zero-order valence-electron chi connectivity index (χ0n) is 12.6. The number of rotatable bonds is 4. The van der Waals surface area contributed by atoms with Gasteiger partial charge in [0.05, 0.1) is 6.33 Å². The summed E-state index contributed by atoms with van der Waals surface area (Å²) in [4.78, 5) is 13.1. The van der Waals surface area contributed by atoms with Gasteiger partial charge in [-0.3, -0.25) is 0 Å². The molecule has 0 radical (unpaired) electrons. The number of hydrogen-bond donors (Lipinski definition) is 1. The molecule has 21 heavy (non-hydrogen) atoms. The van der Waals surface area contributed by atoms with E-state index in [-0.39, 0.29) is 5.28 Å². The van der Waals surface area contributed by atoms with Gasteiger partial charge >= 0.3 is 0 Å². The highest BCUT2D eigenvalue weighted by Crippen LogP contribution is 2.33. The predicted octanol–water partition coefficient (Wildman–Crippen LogP) is 4.20. The Morgan fingerprint density at radius 2 is 2.10 bits per heavy atom. The maximum atomic E-state index is 6.03. The molecule has 0 amide bonds. The van der Waals surface area contributed by atoms with Crippen LogP contribution in [-0.2, 0) is 0 Å². The van der Waals surface area contributed by atoms with E-state index >= 15 is 0 Å². The van der Waals surface area contributed by atoms with Gasteiger partial charge in [-0.25, -0.2) is 4.98 Å². The minimum atomic E-state index is 0.252. The second kappa shape index (κ2) is 6.18. The summed E-state index contributed by atoms with van der Waals surface area (Å²) in [6.07, 6.45) is 9.24. The van der Waals surface area contributed by atoms with Crippen molar-refractivity contribution < 1.29 is 0 Å². The Balaban J connectivity index is 2.04. The van der Waals surface area contributed by atoms with Gasteiger partial charge in [0.15, 0.2) is 11.5 Å². The van der Waals surface area contributed by atoms with Gasteiger partial charge in [0.25, 0.3) is 0 Å². The maximum absolute atomic E-state index is 6.03. The molecule has 2 heterocycles. The largest absolute Gasteiger partial charge is 0.366 e. The Labute approximate surface area is 130 Å². The lowest BCUT2D eigenvalue weighted by Crippen LogP contribution is -2.17. The molecule has 1 fully saturated rings. The van der Waals surface area contributed by atoms with E-state index in [1.807, 2.05) is 6.33 Å².